The third kappa shape index (κ3) is 6.17. The van der Waals surface area contributed by atoms with Gasteiger partial charge in [-0.3, -0.25) is 10.1 Å². The molecule has 0 aliphatic carbocycles. The van der Waals surface area contributed by atoms with Crippen LogP contribution in [0.15, 0.2) is 18.2 Å². The molecule has 1 aromatic rings. The maximum atomic E-state index is 10.9. The standard InChI is InChI=1S/C12H18IN3O3/c1-15(2)6-8-19-7-5-14-11-4-3-10(13)9-12(11)16(17)18/h3-4,9,14H,5-8H2,1-2H3. The molecule has 0 aliphatic rings. The molecule has 0 saturated heterocycles. The summed E-state index contributed by atoms with van der Waals surface area (Å²) < 4.78 is 6.26. The molecule has 0 fully saturated rings. The summed E-state index contributed by atoms with van der Waals surface area (Å²) >= 11 is 2.06. The van der Waals surface area contributed by atoms with Gasteiger partial charge in [0, 0.05) is 22.7 Å². The quantitative estimate of drug-likeness (QED) is 0.325. The highest BCUT2D eigenvalue weighted by Crippen LogP contribution is 2.25. The molecule has 0 heterocycles. The first-order chi connectivity index (χ1) is 9.00. The maximum absolute atomic E-state index is 10.9. The minimum Gasteiger partial charge on any atom is -0.378 e. The largest absolute Gasteiger partial charge is 0.378 e. The SMILES string of the molecule is CN(C)CCOCCNc1ccc(I)cc1[N+](=O)[O-]. The molecule has 0 bridgehead atoms. The van der Waals surface area contributed by atoms with E-state index in [2.05, 4.69) is 27.9 Å². The summed E-state index contributed by atoms with van der Waals surface area (Å²) in [5.41, 5.74) is 0.627. The number of ether oxygens (including phenoxy) is 1. The second-order valence-corrected chi connectivity index (χ2v) is 5.51. The van der Waals surface area contributed by atoms with Gasteiger partial charge in [0.25, 0.3) is 5.69 Å². The molecule has 0 amide bonds. The van der Waals surface area contributed by atoms with Crippen LogP contribution >= 0.6 is 22.6 Å². The Kier molecular flexibility index (Phi) is 7.03. The van der Waals surface area contributed by atoms with Gasteiger partial charge in [0.2, 0.25) is 0 Å². The average Bonchev–Trinajstić information content (AvgIpc) is 2.34. The third-order valence-electron chi connectivity index (χ3n) is 2.40. The molecule has 0 unspecified atom stereocenters. The van der Waals surface area contributed by atoms with Crippen LogP contribution in [0, 0.1) is 13.7 Å². The van der Waals surface area contributed by atoms with Gasteiger partial charge in [0.1, 0.15) is 5.69 Å². The first-order valence-electron chi connectivity index (χ1n) is 5.91. The monoisotopic (exact) mass is 379 g/mol. The topological polar surface area (TPSA) is 67.6 Å². The minimum absolute atomic E-state index is 0.0974. The summed E-state index contributed by atoms with van der Waals surface area (Å²) in [5, 5.41) is 13.9. The Bertz CT molecular complexity index is 427. The summed E-state index contributed by atoms with van der Waals surface area (Å²) in [6.45, 7) is 2.60. The van der Waals surface area contributed by atoms with Crippen molar-refractivity contribution < 1.29 is 9.66 Å². The number of likely N-dealkylation sites (N-methyl/N-ethyl adjacent to an activating group) is 1. The number of hydrogen-bond acceptors (Lipinski definition) is 5. The molecule has 0 spiro atoms. The summed E-state index contributed by atoms with van der Waals surface area (Å²) in [6.07, 6.45) is 0. The summed E-state index contributed by atoms with van der Waals surface area (Å²) in [5.74, 6) is 0. The molecule has 1 aromatic carbocycles. The van der Waals surface area contributed by atoms with Crippen LogP contribution in [0.5, 0.6) is 0 Å². The van der Waals surface area contributed by atoms with E-state index in [1.54, 1.807) is 12.1 Å². The molecule has 1 N–H and O–H groups in total. The highest BCUT2D eigenvalue weighted by Gasteiger charge is 2.13. The predicted octanol–water partition coefficient (Wildman–Crippen LogP) is 2.19. The molecule has 0 saturated carbocycles. The van der Waals surface area contributed by atoms with Crippen LogP contribution in [0.4, 0.5) is 11.4 Å². The Morgan fingerprint density at radius 1 is 1.42 bits per heavy atom. The van der Waals surface area contributed by atoms with Gasteiger partial charge >= 0.3 is 0 Å². The van der Waals surface area contributed by atoms with Crippen LogP contribution in [0.1, 0.15) is 0 Å². The van der Waals surface area contributed by atoms with Crippen molar-refractivity contribution in [1.29, 1.82) is 0 Å². The highest BCUT2D eigenvalue weighted by atomic mass is 127. The van der Waals surface area contributed by atoms with E-state index in [0.29, 0.717) is 25.4 Å². The number of nitrogens with zero attached hydrogens (tertiary/aromatic N) is 2. The molecular weight excluding hydrogens is 361 g/mol. The van der Waals surface area contributed by atoms with Gasteiger partial charge in [-0.2, -0.15) is 0 Å². The van der Waals surface area contributed by atoms with Crippen molar-refractivity contribution in [1.82, 2.24) is 4.90 Å². The lowest BCUT2D eigenvalue weighted by Crippen LogP contribution is -2.20. The highest BCUT2D eigenvalue weighted by molar-refractivity contribution is 14.1. The van der Waals surface area contributed by atoms with Crippen molar-refractivity contribution in [2.24, 2.45) is 0 Å². The summed E-state index contributed by atoms with van der Waals surface area (Å²) in [6, 6.07) is 5.11. The molecule has 6 nitrogen and oxygen atoms in total. The van der Waals surface area contributed by atoms with E-state index in [1.807, 2.05) is 25.1 Å². The van der Waals surface area contributed by atoms with Gasteiger partial charge in [-0.1, -0.05) is 0 Å². The van der Waals surface area contributed by atoms with E-state index < -0.39 is 0 Å². The number of nitro groups is 1. The van der Waals surface area contributed by atoms with Crippen molar-refractivity contribution in [3.63, 3.8) is 0 Å². The lowest BCUT2D eigenvalue weighted by molar-refractivity contribution is -0.384. The van der Waals surface area contributed by atoms with E-state index in [-0.39, 0.29) is 10.6 Å². The zero-order valence-electron chi connectivity index (χ0n) is 11.1. The number of anilines is 1. The summed E-state index contributed by atoms with van der Waals surface area (Å²) in [7, 11) is 3.97. The predicted molar refractivity (Wildman–Crippen MR) is 83.7 cm³/mol. The van der Waals surface area contributed by atoms with Crippen molar-refractivity contribution in [2.75, 3.05) is 45.7 Å². The smallest absolute Gasteiger partial charge is 0.293 e. The molecule has 0 radical (unpaired) electrons. The molecular formula is C12H18IN3O3. The summed E-state index contributed by atoms with van der Waals surface area (Å²) in [4.78, 5) is 12.6. The van der Waals surface area contributed by atoms with Gasteiger partial charge in [0.05, 0.1) is 18.1 Å². The van der Waals surface area contributed by atoms with E-state index in [1.165, 1.54) is 0 Å². The lowest BCUT2D eigenvalue weighted by Gasteiger charge is -2.11. The molecule has 0 atom stereocenters. The molecule has 1 rings (SSSR count). The second kappa shape index (κ2) is 8.28. The molecule has 0 aromatic heterocycles. The zero-order chi connectivity index (χ0) is 14.3. The van der Waals surface area contributed by atoms with Crippen molar-refractivity contribution in [3.05, 3.63) is 31.9 Å². The fraction of sp³-hybridized carbons (Fsp3) is 0.500. The van der Waals surface area contributed by atoms with Gasteiger partial charge < -0.3 is 15.0 Å². The van der Waals surface area contributed by atoms with E-state index in [0.717, 1.165) is 10.1 Å². The maximum Gasteiger partial charge on any atom is 0.293 e. The van der Waals surface area contributed by atoms with Crippen LogP contribution in [0.2, 0.25) is 0 Å². The van der Waals surface area contributed by atoms with Gasteiger partial charge in [-0.15, -0.1) is 0 Å². The Morgan fingerprint density at radius 2 is 2.16 bits per heavy atom. The Labute approximate surface area is 126 Å². The van der Waals surface area contributed by atoms with Crippen molar-refractivity contribution >= 4 is 34.0 Å². The first kappa shape index (κ1) is 16.1. The zero-order valence-corrected chi connectivity index (χ0v) is 13.2. The van der Waals surface area contributed by atoms with Crippen LogP contribution in [0.25, 0.3) is 0 Å². The van der Waals surface area contributed by atoms with Crippen LogP contribution in [-0.2, 0) is 4.74 Å². The fourth-order valence-corrected chi connectivity index (χ4v) is 1.89. The number of hydrogen-bond donors (Lipinski definition) is 1. The molecule has 106 valence electrons. The number of rotatable bonds is 8. The lowest BCUT2D eigenvalue weighted by atomic mass is 10.2. The number of nitrogens with one attached hydrogen (secondary N) is 1. The molecule has 0 aliphatic heterocycles. The van der Waals surface area contributed by atoms with E-state index in [9.17, 15) is 10.1 Å². The minimum atomic E-state index is -0.378. The van der Waals surface area contributed by atoms with E-state index in [4.69, 9.17) is 4.74 Å². The molecule has 7 heteroatoms. The van der Waals surface area contributed by atoms with Crippen LogP contribution in [0.3, 0.4) is 0 Å². The Morgan fingerprint density at radius 3 is 2.79 bits per heavy atom. The van der Waals surface area contributed by atoms with Gasteiger partial charge in [0.15, 0.2) is 0 Å². The first-order valence-corrected chi connectivity index (χ1v) is 6.99. The van der Waals surface area contributed by atoms with Crippen molar-refractivity contribution in [3.8, 4) is 0 Å². The van der Waals surface area contributed by atoms with Crippen LogP contribution < -0.4 is 5.32 Å². The second-order valence-electron chi connectivity index (χ2n) is 4.26. The Hall–Kier alpha value is -0.930. The Balaban J connectivity index is 2.39. The van der Waals surface area contributed by atoms with E-state index >= 15 is 0 Å². The van der Waals surface area contributed by atoms with Gasteiger partial charge in [-0.05, 0) is 48.8 Å². The number of benzene rings is 1. The molecule has 19 heavy (non-hydrogen) atoms. The normalized spacial score (nSPS) is 10.7. The van der Waals surface area contributed by atoms with Gasteiger partial charge in [-0.25, -0.2) is 0 Å². The van der Waals surface area contributed by atoms with Crippen LogP contribution in [-0.4, -0.2) is 50.2 Å². The fourth-order valence-electron chi connectivity index (χ4n) is 1.41. The number of halogens is 1. The average molecular weight is 379 g/mol. The third-order valence-corrected chi connectivity index (χ3v) is 3.07. The van der Waals surface area contributed by atoms with Crippen molar-refractivity contribution in [2.45, 2.75) is 0 Å². The number of nitro benzene ring substituents is 1.